The molecule has 0 aliphatic rings. The van der Waals surface area contributed by atoms with E-state index in [-0.39, 0.29) is 5.82 Å². The predicted octanol–water partition coefficient (Wildman–Crippen LogP) is 4.72. The number of thioether (sulfide) groups is 1. The molecule has 1 aromatic carbocycles. The molecule has 1 N–H and O–H groups in total. The van der Waals surface area contributed by atoms with Crippen LogP contribution in [0.15, 0.2) is 29.2 Å². The molecular weight excluding hydrogens is 257 g/mol. The fraction of sp³-hybridized carbons (Fsp3) is 0.625. The summed E-state index contributed by atoms with van der Waals surface area (Å²) in [5.41, 5.74) is 0. The van der Waals surface area contributed by atoms with Gasteiger partial charge in [0.1, 0.15) is 5.82 Å². The van der Waals surface area contributed by atoms with E-state index in [1.165, 1.54) is 31.4 Å². The minimum absolute atomic E-state index is 0.162. The molecule has 0 fully saturated rings. The van der Waals surface area contributed by atoms with Crippen LogP contribution >= 0.6 is 11.8 Å². The fourth-order valence-corrected chi connectivity index (χ4v) is 3.23. The third-order valence-electron chi connectivity index (χ3n) is 3.53. The van der Waals surface area contributed by atoms with Gasteiger partial charge in [0.2, 0.25) is 0 Å². The van der Waals surface area contributed by atoms with Crippen LogP contribution in [0.2, 0.25) is 0 Å². The van der Waals surface area contributed by atoms with Crippen molar-refractivity contribution in [3.63, 3.8) is 0 Å². The number of nitrogens with one attached hydrogen (secondary N) is 1. The smallest absolute Gasteiger partial charge is 0.123 e. The van der Waals surface area contributed by atoms with Crippen LogP contribution in [0.4, 0.5) is 4.39 Å². The van der Waals surface area contributed by atoms with Gasteiger partial charge in [0.15, 0.2) is 0 Å². The zero-order valence-corrected chi connectivity index (χ0v) is 13.1. The monoisotopic (exact) mass is 283 g/mol. The van der Waals surface area contributed by atoms with Crippen molar-refractivity contribution in [1.82, 2.24) is 5.32 Å². The lowest BCUT2D eigenvalue weighted by Crippen LogP contribution is -2.33. The van der Waals surface area contributed by atoms with Crippen LogP contribution in [0.5, 0.6) is 0 Å². The first-order chi connectivity index (χ1) is 9.19. The maximum absolute atomic E-state index is 12.8. The van der Waals surface area contributed by atoms with Gasteiger partial charge in [0.25, 0.3) is 0 Å². The minimum Gasteiger partial charge on any atom is -0.313 e. The van der Waals surface area contributed by atoms with Gasteiger partial charge >= 0.3 is 0 Å². The summed E-state index contributed by atoms with van der Waals surface area (Å²) < 4.78 is 12.8. The van der Waals surface area contributed by atoms with Gasteiger partial charge in [0.05, 0.1) is 0 Å². The van der Waals surface area contributed by atoms with Crippen molar-refractivity contribution in [1.29, 1.82) is 0 Å². The van der Waals surface area contributed by atoms with Gasteiger partial charge in [-0.2, -0.15) is 0 Å². The zero-order valence-electron chi connectivity index (χ0n) is 12.3. The lowest BCUT2D eigenvalue weighted by molar-refractivity contribution is 0.388. The van der Waals surface area contributed by atoms with E-state index in [4.69, 9.17) is 0 Å². The highest BCUT2D eigenvalue weighted by atomic mass is 32.2. The van der Waals surface area contributed by atoms with Gasteiger partial charge in [-0.15, -0.1) is 11.8 Å². The van der Waals surface area contributed by atoms with E-state index in [2.05, 4.69) is 26.1 Å². The third-order valence-corrected chi connectivity index (χ3v) is 4.70. The largest absolute Gasteiger partial charge is 0.313 e. The standard InChI is InChI=1S/C16H26FNS/c1-4-13(5-2)11-15(18-6-3)12-19-16-9-7-14(17)8-10-16/h7-10,13,15,18H,4-6,11-12H2,1-3H3. The maximum atomic E-state index is 12.8. The first-order valence-corrected chi connectivity index (χ1v) is 8.29. The van der Waals surface area contributed by atoms with Crippen molar-refractivity contribution in [3.05, 3.63) is 30.1 Å². The second kappa shape index (κ2) is 9.38. The number of hydrogen-bond acceptors (Lipinski definition) is 2. The summed E-state index contributed by atoms with van der Waals surface area (Å²) in [5.74, 6) is 1.69. The molecular formula is C16H26FNS. The second-order valence-corrected chi connectivity index (χ2v) is 6.03. The molecule has 1 aromatic rings. The van der Waals surface area contributed by atoms with E-state index < -0.39 is 0 Å². The van der Waals surface area contributed by atoms with Crippen molar-refractivity contribution in [3.8, 4) is 0 Å². The molecule has 1 unspecified atom stereocenters. The van der Waals surface area contributed by atoms with Gasteiger partial charge in [-0.1, -0.05) is 33.6 Å². The SMILES string of the molecule is CCNC(CSc1ccc(F)cc1)CC(CC)CC. The highest BCUT2D eigenvalue weighted by Crippen LogP contribution is 2.22. The highest BCUT2D eigenvalue weighted by molar-refractivity contribution is 7.99. The maximum Gasteiger partial charge on any atom is 0.123 e. The van der Waals surface area contributed by atoms with Crippen molar-refractivity contribution in [2.75, 3.05) is 12.3 Å². The van der Waals surface area contributed by atoms with Crippen LogP contribution in [0.3, 0.4) is 0 Å². The molecule has 0 aliphatic carbocycles. The first kappa shape index (κ1) is 16.5. The summed E-state index contributed by atoms with van der Waals surface area (Å²) in [6, 6.07) is 7.34. The number of benzene rings is 1. The predicted molar refractivity (Wildman–Crippen MR) is 83.3 cm³/mol. The van der Waals surface area contributed by atoms with Crippen LogP contribution in [0.25, 0.3) is 0 Å². The Morgan fingerprint density at radius 2 is 1.74 bits per heavy atom. The summed E-state index contributed by atoms with van der Waals surface area (Å²) in [6.07, 6.45) is 3.73. The van der Waals surface area contributed by atoms with Gasteiger partial charge < -0.3 is 5.32 Å². The molecule has 0 amide bonds. The Hall–Kier alpha value is -0.540. The molecule has 0 spiro atoms. The van der Waals surface area contributed by atoms with E-state index in [1.54, 1.807) is 0 Å². The Kier molecular flexibility index (Phi) is 8.15. The van der Waals surface area contributed by atoms with Crippen molar-refractivity contribution >= 4 is 11.8 Å². The summed E-state index contributed by atoms with van der Waals surface area (Å²) in [4.78, 5) is 1.15. The zero-order chi connectivity index (χ0) is 14.1. The summed E-state index contributed by atoms with van der Waals surface area (Å²) in [5, 5.41) is 3.57. The van der Waals surface area contributed by atoms with Crippen LogP contribution in [-0.2, 0) is 0 Å². The summed E-state index contributed by atoms with van der Waals surface area (Å²) >= 11 is 1.81. The van der Waals surface area contributed by atoms with Crippen molar-refractivity contribution in [2.24, 2.45) is 5.92 Å². The lowest BCUT2D eigenvalue weighted by Gasteiger charge is -2.22. The molecule has 108 valence electrons. The number of hydrogen-bond donors (Lipinski definition) is 1. The summed E-state index contributed by atoms with van der Waals surface area (Å²) in [6.45, 7) is 7.70. The molecule has 3 heteroatoms. The topological polar surface area (TPSA) is 12.0 Å². The Bertz CT molecular complexity index is 335. The Balaban J connectivity index is 2.46. The average molecular weight is 283 g/mol. The highest BCUT2D eigenvalue weighted by Gasteiger charge is 2.13. The van der Waals surface area contributed by atoms with E-state index in [9.17, 15) is 4.39 Å². The van der Waals surface area contributed by atoms with Crippen LogP contribution in [0.1, 0.15) is 40.0 Å². The van der Waals surface area contributed by atoms with Gasteiger partial charge in [0, 0.05) is 16.7 Å². The second-order valence-electron chi connectivity index (χ2n) is 4.94. The van der Waals surface area contributed by atoms with Crippen LogP contribution in [-0.4, -0.2) is 18.3 Å². The average Bonchev–Trinajstić information content (AvgIpc) is 2.43. The van der Waals surface area contributed by atoms with E-state index >= 15 is 0 Å². The molecule has 1 atom stereocenters. The molecule has 0 aliphatic heterocycles. The molecule has 1 nitrogen and oxygen atoms in total. The third kappa shape index (κ3) is 6.44. The van der Waals surface area contributed by atoms with Gasteiger partial charge in [-0.25, -0.2) is 4.39 Å². The molecule has 0 saturated heterocycles. The van der Waals surface area contributed by atoms with Crippen LogP contribution < -0.4 is 5.32 Å². The van der Waals surface area contributed by atoms with Crippen LogP contribution in [0, 0.1) is 11.7 Å². The molecule has 1 rings (SSSR count). The Morgan fingerprint density at radius 1 is 1.11 bits per heavy atom. The Morgan fingerprint density at radius 3 is 2.26 bits per heavy atom. The van der Waals surface area contributed by atoms with Gasteiger partial charge in [-0.05, 0) is 43.1 Å². The van der Waals surface area contributed by atoms with Gasteiger partial charge in [-0.3, -0.25) is 0 Å². The van der Waals surface area contributed by atoms with E-state index in [1.807, 2.05) is 23.9 Å². The fourth-order valence-electron chi connectivity index (χ4n) is 2.25. The number of halogens is 1. The molecule has 0 aromatic heterocycles. The van der Waals surface area contributed by atoms with E-state index in [0.717, 1.165) is 23.1 Å². The Labute approximate surface area is 121 Å². The van der Waals surface area contributed by atoms with Crippen molar-refractivity contribution < 1.29 is 4.39 Å². The summed E-state index contributed by atoms with van der Waals surface area (Å²) in [7, 11) is 0. The number of rotatable bonds is 9. The quantitative estimate of drug-likeness (QED) is 0.658. The lowest BCUT2D eigenvalue weighted by atomic mass is 9.95. The molecule has 19 heavy (non-hydrogen) atoms. The molecule has 0 heterocycles. The molecule has 0 saturated carbocycles. The minimum atomic E-state index is -0.162. The first-order valence-electron chi connectivity index (χ1n) is 7.31. The molecule has 0 radical (unpaired) electrons. The molecule has 0 bridgehead atoms. The van der Waals surface area contributed by atoms with E-state index in [0.29, 0.717) is 6.04 Å². The normalized spacial score (nSPS) is 12.9. The van der Waals surface area contributed by atoms with Crippen molar-refractivity contribution in [2.45, 2.75) is 51.0 Å².